The number of aromatic nitrogens is 3. The van der Waals surface area contributed by atoms with Gasteiger partial charge in [-0.1, -0.05) is 60.1 Å². The van der Waals surface area contributed by atoms with E-state index in [0.717, 1.165) is 28.1 Å². The Kier molecular flexibility index (Phi) is 6.78. The van der Waals surface area contributed by atoms with E-state index in [4.69, 9.17) is 16.7 Å². The molecule has 5 rings (SSSR count). The smallest absolute Gasteiger partial charge is 0.250 e. The van der Waals surface area contributed by atoms with Crippen molar-refractivity contribution in [2.24, 2.45) is 0 Å². The first-order valence-electron chi connectivity index (χ1n) is 11.5. The van der Waals surface area contributed by atoms with Gasteiger partial charge in [0.15, 0.2) is 0 Å². The quantitative estimate of drug-likeness (QED) is 0.321. The highest BCUT2D eigenvalue weighted by atomic mass is 35.5. The second kappa shape index (κ2) is 10.5. The summed E-state index contributed by atoms with van der Waals surface area (Å²) in [6, 6.07) is 29.8. The van der Waals surface area contributed by atoms with E-state index in [9.17, 15) is 9.59 Å². The molecule has 0 bridgehead atoms. The molecular formula is C29H23ClN4O2. The van der Waals surface area contributed by atoms with Crippen molar-refractivity contribution in [1.29, 1.82) is 0 Å². The summed E-state index contributed by atoms with van der Waals surface area (Å²) in [7, 11) is 0. The number of pyridine rings is 1. The van der Waals surface area contributed by atoms with E-state index in [1.54, 1.807) is 21.5 Å². The highest BCUT2D eigenvalue weighted by molar-refractivity contribution is 6.30. The van der Waals surface area contributed by atoms with Gasteiger partial charge in [-0.25, -0.2) is 4.68 Å². The predicted molar refractivity (Wildman–Crippen MR) is 143 cm³/mol. The molecule has 2 heterocycles. The first-order valence-corrected chi connectivity index (χ1v) is 11.9. The Bertz CT molecular complexity index is 1540. The zero-order valence-corrected chi connectivity index (χ0v) is 20.1. The summed E-state index contributed by atoms with van der Waals surface area (Å²) < 4.78 is 3.42. The number of amides is 1. The molecule has 1 amide bonds. The van der Waals surface area contributed by atoms with Crippen LogP contribution in [0.3, 0.4) is 0 Å². The van der Waals surface area contributed by atoms with Gasteiger partial charge in [0, 0.05) is 40.3 Å². The van der Waals surface area contributed by atoms with Crippen LogP contribution < -0.4 is 10.9 Å². The van der Waals surface area contributed by atoms with Gasteiger partial charge in [-0.3, -0.25) is 9.59 Å². The monoisotopic (exact) mass is 494 g/mol. The van der Waals surface area contributed by atoms with E-state index < -0.39 is 0 Å². The number of hydrogen-bond donors (Lipinski definition) is 1. The summed E-state index contributed by atoms with van der Waals surface area (Å²) in [4.78, 5) is 24.9. The van der Waals surface area contributed by atoms with Crippen molar-refractivity contribution in [3.63, 3.8) is 0 Å². The van der Waals surface area contributed by atoms with E-state index in [2.05, 4.69) is 5.32 Å². The third kappa shape index (κ3) is 5.45. The molecule has 0 atom stereocenters. The minimum Gasteiger partial charge on any atom is -0.326 e. The Morgan fingerprint density at radius 2 is 1.58 bits per heavy atom. The molecule has 0 unspecified atom stereocenters. The maximum Gasteiger partial charge on any atom is 0.250 e. The van der Waals surface area contributed by atoms with Gasteiger partial charge in [0.05, 0.1) is 24.3 Å². The lowest BCUT2D eigenvalue weighted by atomic mass is 10.1. The largest absolute Gasteiger partial charge is 0.326 e. The lowest BCUT2D eigenvalue weighted by Gasteiger charge is -2.08. The second-order valence-corrected chi connectivity index (χ2v) is 8.82. The molecule has 178 valence electrons. The van der Waals surface area contributed by atoms with Crippen molar-refractivity contribution in [3.8, 4) is 16.9 Å². The average Bonchev–Trinajstić information content (AvgIpc) is 3.31. The molecule has 1 N–H and O–H groups in total. The highest BCUT2D eigenvalue weighted by Crippen LogP contribution is 2.26. The van der Waals surface area contributed by atoms with Crippen molar-refractivity contribution in [2.45, 2.75) is 13.0 Å². The Morgan fingerprint density at radius 1 is 0.861 bits per heavy atom. The molecule has 0 fully saturated rings. The molecule has 0 aliphatic heterocycles. The van der Waals surface area contributed by atoms with Crippen LogP contribution in [0.1, 0.15) is 11.1 Å². The van der Waals surface area contributed by atoms with Crippen LogP contribution in [-0.2, 0) is 17.8 Å². The van der Waals surface area contributed by atoms with Gasteiger partial charge in [-0.2, -0.15) is 5.10 Å². The summed E-state index contributed by atoms with van der Waals surface area (Å²) in [6.45, 7) is 0.469. The first kappa shape index (κ1) is 23.3. The maximum absolute atomic E-state index is 13.0. The third-order valence-corrected chi connectivity index (χ3v) is 6.02. The highest BCUT2D eigenvalue weighted by Gasteiger charge is 2.16. The fourth-order valence-corrected chi connectivity index (χ4v) is 4.09. The molecular weight excluding hydrogens is 472 g/mol. The molecule has 2 aromatic heterocycles. The number of nitrogens with zero attached hydrogens (tertiary/aromatic N) is 3. The number of rotatable bonds is 7. The van der Waals surface area contributed by atoms with Gasteiger partial charge in [0.1, 0.15) is 0 Å². The minimum atomic E-state index is -0.148. The van der Waals surface area contributed by atoms with Crippen LogP contribution in [0.25, 0.3) is 16.9 Å². The molecule has 3 aromatic carbocycles. The maximum atomic E-state index is 13.0. The Labute approximate surface area is 213 Å². The number of halogens is 1. The zero-order valence-electron chi connectivity index (χ0n) is 19.3. The van der Waals surface area contributed by atoms with Crippen molar-refractivity contribution in [1.82, 2.24) is 14.3 Å². The van der Waals surface area contributed by atoms with Crippen LogP contribution in [-0.4, -0.2) is 20.3 Å². The normalized spacial score (nSPS) is 10.8. The van der Waals surface area contributed by atoms with E-state index in [-0.39, 0.29) is 17.9 Å². The first-order chi connectivity index (χ1) is 17.5. The van der Waals surface area contributed by atoms with E-state index in [1.807, 2.05) is 91.1 Å². The summed E-state index contributed by atoms with van der Waals surface area (Å²) in [6.07, 6.45) is 3.80. The predicted octanol–water partition coefficient (Wildman–Crippen LogP) is 5.58. The molecule has 5 aromatic rings. The minimum absolute atomic E-state index is 0.0533. The van der Waals surface area contributed by atoms with Crippen LogP contribution in [0.4, 0.5) is 5.69 Å². The second-order valence-electron chi connectivity index (χ2n) is 8.38. The molecule has 0 radical (unpaired) electrons. The van der Waals surface area contributed by atoms with Gasteiger partial charge in [-0.15, -0.1) is 0 Å². The Balaban J connectivity index is 1.33. The summed E-state index contributed by atoms with van der Waals surface area (Å²) >= 11 is 6.07. The SMILES string of the molecule is O=C(Cc1cn(-c2ccccc2)nc1-c1ccc(Cl)cc1)Nc1ccc(Cn2ccccc2=O)cc1. The number of benzene rings is 3. The summed E-state index contributed by atoms with van der Waals surface area (Å²) in [5, 5.41) is 8.37. The van der Waals surface area contributed by atoms with E-state index in [0.29, 0.717) is 17.3 Å². The third-order valence-electron chi connectivity index (χ3n) is 5.77. The summed E-state index contributed by atoms with van der Waals surface area (Å²) in [5.41, 5.74) is 4.93. The molecule has 7 heteroatoms. The fourth-order valence-electron chi connectivity index (χ4n) is 3.96. The number of para-hydroxylation sites is 1. The molecule has 0 spiro atoms. The van der Waals surface area contributed by atoms with Gasteiger partial charge in [0.25, 0.3) is 5.56 Å². The van der Waals surface area contributed by atoms with Crippen molar-refractivity contribution >= 4 is 23.2 Å². The van der Waals surface area contributed by atoms with Crippen LogP contribution >= 0.6 is 11.6 Å². The standard InChI is InChI=1S/C29H23ClN4O2/c30-24-13-11-22(12-14-24)29-23(20-34(32-29)26-6-2-1-3-7-26)18-27(35)31-25-15-9-21(10-16-25)19-33-17-5-4-8-28(33)36/h1-17,20H,18-19H2,(H,31,35). The average molecular weight is 495 g/mol. The van der Waals surface area contributed by atoms with Crippen LogP contribution in [0.15, 0.2) is 114 Å². The van der Waals surface area contributed by atoms with Gasteiger partial charge < -0.3 is 9.88 Å². The zero-order chi connectivity index (χ0) is 24.9. The number of anilines is 1. The topological polar surface area (TPSA) is 68.9 Å². The van der Waals surface area contributed by atoms with Crippen LogP contribution in [0, 0.1) is 0 Å². The molecule has 0 saturated heterocycles. The van der Waals surface area contributed by atoms with Gasteiger partial charge >= 0.3 is 0 Å². The lowest BCUT2D eigenvalue weighted by Crippen LogP contribution is -2.18. The van der Waals surface area contributed by atoms with Crippen molar-refractivity contribution in [3.05, 3.63) is 136 Å². The Hall–Kier alpha value is -4.42. The van der Waals surface area contributed by atoms with Crippen molar-refractivity contribution < 1.29 is 4.79 Å². The molecule has 0 aliphatic rings. The van der Waals surface area contributed by atoms with E-state index >= 15 is 0 Å². The number of carbonyl (C=O) groups excluding carboxylic acids is 1. The van der Waals surface area contributed by atoms with E-state index in [1.165, 1.54) is 6.07 Å². The van der Waals surface area contributed by atoms with Crippen LogP contribution in [0.2, 0.25) is 5.02 Å². The number of hydrogen-bond acceptors (Lipinski definition) is 3. The van der Waals surface area contributed by atoms with Crippen molar-refractivity contribution in [2.75, 3.05) is 5.32 Å². The lowest BCUT2D eigenvalue weighted by molar-refractivity contribution is -0.115. The molecule has 6 nitrogen and oxygen atoms in total. The Morgan fingerprint density at radius 3 is 2.31 bits per heavy atom. The summed E-state index contributed by atoms with van der Waals surface area (Å²) in [5.74, 6) is -0.148. The molecule has 36 heavy (non-hydrogen) atoms. The molecule has 0 aliphatic carbocycles. The fraction of sp³-hybridized carbons (Fsp3) is 0.0690. The molecule has 0 saturated carbocycles. The number of nitrogens with one attached hydrogen (secondary N) is 1. The van der Waals surface area contributed by atoms with Gasteiger partial charge in [-0.05, 0) is 48.0 Å². The van der Waals surface area contributed by atoms with Crippen LogP contribution in [0.5, 0.6) is 0 Å². The number of carbonyl (C=O) groups is 1. The van der Waals surface area contributed by atoms with Gasteiger partial charge in [0.2, 0.25) is 5.91 Å².